The number of benzene rings is 2. The Kier molecular flexibility index (Phi) is 4.36. The van der Waals surface area contributed by atoms with Crippen LogP contribution in [0.1, 0.15) is 5.56 Å². The summed E-state index contributed by atoms with van der Waals surface area (Å²) in [5.74, 6) is 1.12. The van der Waals surface area contributed by atoms with E-state index < -0.39 is 0 Å². The normalized spacial score (nSPS) is 10.4. The van der Waals surface area contributed by atoms with Crippen LogP contribution < -0.4 is 10.5 Å². The van der Waals surface area contributed by atoms with Crippen LogP contribution >= 0.6 is 34.8 Å². The van der Waals surface area contributed by atoms with Crippen LogP contribution in [0, 0.1) is 0 Å². The summed E-state index contributed by atoms with van der Waals surface area (Å²) in [4.78, 5) is 0. The minimum Gasteiger partial charge on any atom is -0.456 e. The first-order valence-electron chi connectivity index (χ1n) is 5.21. The summed E-state index contributed by atoms with van der Waals surface area (Å²) >= 11 is 17.8. The Bertz CT molecular complexity index is 555. The quantitative estimate of drug-likeness (QED) is 0.819. The van der Waals surface area contributed by atoms with E-state index in [2.05, 4.69) is 0 Å². The molecular formula is C13H10Cl3NO. The maximum absolute atomic E-state index is 6.02. The number of hydrogen-bond donors (Lipinski definition) is 1. The number of nitrogens with two attached hydrogens (primary N) is 1. The highest BCUT2D eigenvalue weighted by Gasteiger charge is 2.08. The van der Waals surface area contributed by atoms with Crippen LogP contribution in [0.25, 0.3) is 0 Å². The van der Waals surface area contributed by atoms with Gasteiger partial charge in [0, 0.05) is 12.6 Å². The van der Waals surface area contributed by atoms with Crippen LogP contribution in [0.15, 0.2) is 36.4 Å². The van der Waals surface area contributed by atoms with Gasteiger partial charge in [0.05, 0.1) is 15.1 Å². The van der Waals surface area contributed by atoms with Crippen molar-refractivity contribution >= 4 is 34.8 Å². The van der Waals surface area contributed by atoms with Crippen molar-refractivity contribution in [3.63, 3.8) is 0 Å². The number of halogens is 3. The molecule has 0 saturated heterocycles. The zero-order valence-corrected chi connectivity index (χ0v) is 11.6. The molecule has 18 heavy (non-hydrogen) atoms. The summed E-state index contributed by atoms with van der Waals surface area (Å²) < 4.78 is 5.63. The molecule has 0 fully saturated rings. The van der Waals surface area contributed by atoms with Gasteiger partial charge in [0.15, 0.2) is 0 Å². The lowest BCUT2D eigenvalue weighted by molar-refractivity contribution is 0.483. The lowest BCUT2D eigenvalue weighted by Gasteiger charge is -2.09. The van der Waals surface area contributed by atoms with Crippen molar-refractivity contribution in [1.29, 1.82) is 0 Å². The highest BCUT2D eigenvalue weighted by atomic mass is 35.5. The molecule has 0 unspecified atom stereocenters. The fourth-order valence-corrected chi connectivity index (χ4v) is 1.98. The fraction of sp³-hybridized carbons (Fsp3) is 0.0769. The molecule has 0 aliphatic rings. The molecule has 2 aromatic rings. The van der Waals surface area contributed by atoms with Gasteiger partial charge in [-0.15, -0.1) is 0 Å². The molecule has 2 nitrogen and oxygen atoms in total. The van der Waals surface area contributed by atoms with Crippen molar-refractivity contribution in [2.24, 2.45) is 5.73 Å². The number of hydrogen-bond acceptors (Lipinski definition) is 2. The maximum Gasteiger partial charge on any atom is 0.147 e. The molecule has 0 aromatic heterocycles. The third-order valence-corrected chi connectivity index (χ3v) is 3.38. The molecule has 0 radical (unpaired) electrons. The number of rotatable bonds is 3. The van der Waals surface area contributed by atoms with E-state index in [0.717, 1.165) is 5.56 Å². The minimum atomic E-state index is 0.396. The van der Waals surface area contributed by atoms with Crippen LogP contribution in [0.4, 0.5) is 0 Å². The van der Waals surface area contributed by atoms with Gasteiger partial charge in [0.25, 0.3) is 0 Å². The van der Waals surface area contributed by atoms with E-state index >= 15 is 0 Å². The summed E-state index contributed by atoms with van der Waals surface area (Å²) in [6, 6.07) is 10.6. The molecule has 0 amide bonds. The SMILES string of the molecule is NCc1ccc(Oc2cc(Cl)c(Cl)cc2Cl)cc1. The Morgan fingerprint density at radius 1 is 0.889 bits per heavy atom. The number of ether oxygens (including phenoxy) is 1. The van der Waals surface area contributed by atoms with Crippen LogP contribution in [-0.2, 0) is 6.54 Å². The first-order valence-corrected chi connectivity index (χ1v) is 6.35. The van der Waals surface area contributed by atoms with Gasteiger partial charge in [0.2, 0.25) is 0 Å². The molecular weight excluding hydrogens is 293 g/mol. The maximum atomic E-state index is 6.02. The molecule has 0 spiro atoms. The largest absolute Gasteiger partial charge is 0.456 e. The molecule has 2 aromatic carbocycles. The van der Waals surface area contributed by atoms with Gasteiger partial charge in [-0.05, 0) is 23.8 Å². The summed E-state index contributed by atoms with van der Waals surface area (Å²) in [5, 5.41) is 1.20. The lowest BCUT2D eigenvalue weighted by Crippen LogP contribution is -1.95. The van der Waals surface area contributed by atoms with E-state index in [1.807, 2.05) is 24.3 Å². The van der Waals surface area contributed by atoms with E-state index in [4.69, 9.17) is 45.3 Å². The van der Waals surface area contributed by atoms with Crippen molar-refractivity contribution in [1.82, 2.24) is 0 Å². The highest BCUT2D eigenvalue weighted by molar-refractivity contribution is 6.43. The smallest absolute Gasteiger partial charge is 0.147 e. The molecule has 5 heteroatoms. The zero-order valence-electron chi connectivity index (χ0n) is 9.29. The van der Waals surface area contributed by atoms with Crippen molar-refractivity contribution in [3.05, 3.63) is 57.0 Å². The van der Waals surface area contributed by atoms with E-state index in [9.17, 15) is 0 Å². The first-order chi connectivity index (χ1) is 8.60. The third kappa shape index (κ3) is 3.09. The highest BCUT2D eigenvalue weighted by Crippen LogP contribution is 2.36. The second-order valence-corrected chi connectivity index (χ2v) is 4.87. The molecule has 2 N–H and O–H groups in total. The summed E-state index contributed by atoms with van der Waals surface area (Å²) in [6.07, 6.45) is 0. The van der Waals surface area contributed by atoms with Gasteiger partial charge < -0.3 is 10.5 Å². The Morgan fingerprint density at radius 2 is 1.50 bits per heavy atom. The van der Waals surface area contributed by atoms with Crippen LogP contribution in [0.2, 0.25) is 15.1 Å². The Labute approximate surface area is 120 Å². The Morgan fingerprint density at radius 3 is 2.11 bits per heavy atom. The van der Waals surface area contributed by atoms with Crippen molar-refractivity contribution < 1.29 is 4.74 Å². The molecule has 0 atom stereocenters. The molecule has 0 heterocycles. The standard InChI is InChI=1S/C13H10Cl3NO/c14-10-5-12(16)13(6-11(10)15)18-9-3-1-8(7-17)2-4-9/h1-6H,7,17H2. The van der Waals surface area contributed by atoms with Gasteiger partial charge in [-0.25, -0.2) is 0 Å². The second-order valence-electron chi connectivity index (χ2n) is 3.65. The fourth-order valence-electron chi connectivity index (χ4n) is 1.40. The Balaban J connectivity index is 2.25. The predicted octanol–water partition coefficient (Wildman–Crippen LogP) is 4.90. The molecule has 0 bridgehead atoms. The molecule has 0 saturated carbocycles. The summed E-state index contributed by atoms with van der Waals surface area (Å²) in [7, 11) is 0. The van der Waals surface area contributed by atoms with Crippen molar-refractivity contribution in [3.8, 4) is 11.5 Å². The average molecular weight is 303 g/mol. The van der Waals surface area contributed by atoms with Gasteiger partial charge in [-0.3, -0.25) is 0 Å². The zero-order chi connectivity index (χ0) is 13.1. The summed E-state index contributed by atoms with van der Waals surface area (Å²) in [5.41, 5.74) is 6.55. The van der Waals surface area contributed by atoms with E-state index in [1.54, 1.807) is 12.1 Å². The second kappa shape index (κ2) is 5.81. The predicted molar refractivity (Wildman–Crippen MR) is 75.9 cm³/mol. The van der Waals surface area contributed by atoms with Gasteiger partial charge in [-0.2, -0.15) is 0 Å². The van der Waals surface area contributed by atoms with E-state index in [0.29, 0.717) is 33.1 Å². The van der Waals surface area contributed by atoms with Crippen molar-refractivity contribution in [2.45, 2.75) is 6.54 Å². The van der Waals surface area contributed by atoms with Crippen LogP contribution in [-0.4, -0.2) is 0 Å². The molecule has 0 aliphatic carbocycles. The lowest BCUT2D eigenvalue weighted by atomic mass is 10.2. The van der Waals surface area contributed by atoms with Gasteiger partial charge >= 0.3 is 0 Å². The van der Waals surface area contributed by atoms with Crippen LogP contribution in [0.5, 0.6) is 11.5 Å². The summed E-state index contributed by atoms with van der Waals surface area (Å²) in [6.45, 7) is 0.494. The minimum absolute atomic E-state index is 0.396. The average Bonchev–Trinajstić information content (AvgIpc) is 2.37. The molecule has 94 valence electrons. The van der Waals surface area contributed by atoms with E-state index in [-0.39, 0.29) is 0 Å². The Hall–Kier alpha value is -0.930. The first kappa shape index (κ1) is 13.5. The van der Waals surface area contributed by atoms with Gasteiger partial charge in [-0.1, -0.05) is 46.9 Å². The molecule has 2 rings (SSSR count). The van der Waals surface area contributed by atoms with E-state index in [1.165, 1.54) is 0 Å². The topological polar surface area (TPSA) is 35.2 Å². The van der Waals surface area contributed by atoms with Gasteiger partial charge in [0.1, 0.15) is 11.5 Å². The van der Waals surface area contributed by atoms with Crippen LogP contribution in [0.3, 0.4) is 0 Å². The third-order valence-electron chi connectivity index (χ3n) is 2.36. The molecule has 0 aliphatic heterocycles. The monoisotopic (exact) mass is 301 g/mol. The van der Waals surface area contributed by atoms with Crippen molar-refractivity contribution in [2.75, 3.05) is 0 Å².